The Labute approximate surface area is 238 Å². The molecule has 39 heavy (non-hydrogen) atoms. The topological polar surface area (TPSA) is 59.8 Å². The van der Waals surface area contributed by atoms with Crippen molar-refractivity contribution in [2.24, 2.45) is 0 Å². The maximum absolute atomic E-state index is 13.0. The average Bonchev–Trinajstić information content (AvgIpc) is 3.41. The number of nitrogens with zero attached hydrogens (tertiary/aromatic N) is 3. The molecule has 5 aromatic rings. The van der Waals surface area contributed by atoms with Crippen LogP contribution in [0.25, 0.3) is 17.1 Å². The molecule has 5 nitrogen and oxygen atoms in total. The van der Waals surface area contributed by atoms with Crippen LogP contribution in [0.5, 0.6) is 0 Å². The van der Waals surface area contributed by atoms with Gasteiger partial charge in [-0.2, -0.15) is 0 Å². The van der Waals surface area contributed by atoms with Gasteiger partial charge in [-0.05, 0) is 60.4 Å². The van der Waals surface area contributed by atoms with E-state index in [4.69, 9.17) is 11.6 Å². The minimum Gasteiger partial charge on any atom is -0.349 e. The van der Waals surface area contributed by atoms with Gasteiger partial charge in [-0.25, -0.2) is 0 Å². The smallest absolute Gasteiger partial charge is 0.220 e. The molecule has 1 aromatic heterocycles. The van der Waals surface area contributed by atoms with Crippen LogP contribution in [0, 0.1) is 0 Å². The lowest BCUT2D eigenvalue weighted by Crippen LogP contribution is -2.29. The third-order valence-corrected chi connectivity index (χ3v) is 7.62. The second-order valence-corrected chi connectivity index (χ2v) is 10.7. The van der Waals surface area contributed by atoms with Crippen LogP contribution in [0.4, 0.5) is 0 Å². The van der Waals surface area contributed by atoms with Gasteiger partial charge in [-0.1, -0.05) is 102 Å². The molecule has 0 bridgehead atoms. The van der Waals surface area contributed by atoms with Crippen molar-refractivity contribution in [2.45, 2.75) is 30.5 Å². The summed E-state index contributed by atoms with van der Waals surface area (Å²) >= 11 is 7.70. The summed E-state index contributed by atoms with van der Waals surface area (Å²) in [4.78, 5) is 13.0. The molecule has 0 spiro atoms. The molecular formula is C32H29ClN4OS. The zero-order valence-electron chi connectivity index (χ0n) is 21.4. The van der Waals surface area contributed by atoms with Crippen LogP contribution in [0.2, 0.25) is 5.02 Å². The number of carbonyl (C=O) groups excluding carboxylic acids is 1. The monoisotopic (exact) mass is 552 g/mol. The Hall–Kier alpha value is -3.87. The van der Waals surface area contributed by atoms with Gasteiger partial charge in [0.15, 0.2) is 11.0 Å². The SMILES string of the molecule is O=C(CCCSc1nnc(-c2ccc(Cl)cc2)n1-c1ccccc1)NC(Cc1ccccc1)c1ccccc1. The molecule has 1 heterocycles. The number of amides is 1. The lowest BCUT2D eigenvalue weighted by Gasteiger charge is -2.19. The molecule has 1 atom stereocenters. The van der Waals surface area contributed by atoms with Crippen molar-refractivity contribution in [3.05, 3.63) is 131 Å². The van der Waals surface area contributed by atoms with E-state index in [0.717, 1.165) is 46.4 Å². The number of nitrogens with one attached hydrogen (secondary N) is 1. The Morgan fingerprint density at radius 3 is 2.15 bits per heavy atom. The molecular weight excluding hydrogens is 524 g/mol. The first kappa shape index (κ1) is 26.7. The summed E-state index contributed by atoms with van der Waals surface area (Å²) in [5.74, 6) is 1.55. The van der Waals surface area contributed by atoms with Crippen molar-refractivity contribution in [1.82, 2.24) is 20.1 Å². The van der Waals surface area contributed by atoms with E-state index in [-0.39, 0.29) is 11.9 Å². The van der Waals surface area contributed by atoms with Crippen molar-refractivity contribution < 1.29 is 4.79 Å². The highest BCUT2D eigenvalue weighted by Gasteiger charge is 2.18. The molecule has 0 aliphatic carbocycles. The number of para-hydroxylation sites is 1. The van der Waals surface area contributed by atoms with Gasteiger partial charge >= 0.3 is 0 Å². The molecule has 4 aromatic carbocycles. The molecule has 1 amide bonds. The van der Waals surface area contributed by atoms with Gasteiger partial charge in [0.2, 0.25) is 5.91 Å². The van der Waals surface area contributed by atoms with Crippen LogP contribution in [0.15, 0.2) is 120 Å². The van der Waals surface area contributed by atoms with Crippen molar-refractivity contribution in [3.63, 3.8) is 0 Å². The van der Waals surface area contributed by atoms with E-state index in [2.05, 4.69) is 44.3 Å². The number of rotatable bonds is 11. The Bertz CT molecular complexity index is 1480. The largest absolute Gasteiger partial charge is 0.349 e. The molecule has 0 aliphatic heterocycles. The molecule has 7 heteroatoms. The van der Waals surface area contributed by atoms with Gasteiger partial charge in [-0.3, -0.25) is 9.36 Å². The summed E-state index contributed by atoms with van der Waals surface area (Å²) in [6.07, 6.45) is 1.91. The number of hydrogen-bond donors (Lipinski definition) is 1. The first-order chi connectivity index (χ1) is 19.2. The molecule has 1 N–H and O–H groups in total. The van der Waals surface area contributed by atoms with Gasteiger partial charge < -0.3 is 5.32 Å². The van der Waals surface area contributed by atoms with E-state index in [9.17, 15) is 4.79 Å². The predicted molar refractivity (Wildman–Crippen MR) is 159 cm³/mol. The van der Waals surface area contributed by atoms with Crippen LogP contribution in [0.3, 0.4) is 0 Å². The van der Waals surface area contributed by atoms with Gasteiger partial charge in [0.25, 0.3) is 0 Å². The van der Waals surface area contributed by atoms with Crippen LogP contribution < -0.4 is 5.32 Å². The maximum Gasteiger partial charge on any atom is 0.220 e. The lowest BCUT2D eigenvalue weighted by atomic mass is 9.98. The Morgan fingerprint density at radius 2 is 1.46 bits per heavy atom. The van der Waals surface area contributed by atoms with Crippen LogP contribution in [0.1, 0.15) is 30.0 Å². The van der Waals surface area contributed by atoms with Crippen molar-refractivity contribution in [2.75, 3.05) is 5.75 Å². The van der Waals surface area contributed by atoms with E-state index < -0.39 is 0 Å². The highest BCUT2D eigenvalue weighted by atomic mass is 35.5. The van der Waals surface area contributed by atoms with Gasteiger partial charge in [-0.15, -0.1) is 10.2 Å². The number of thioether (sulfide) groups is 1. The summed E-state index contributed by atoms with van der Waals surface area (Å²) in [5.41, 5.74) is 4.22. The average molecular weight is 553 g/mol. The molecule has 5 rings (SSSR count). The third-order valence-electron chi connectivity index (χ3n) is 6.35. The number of halogens is 1. The normalized spacial score (nSPS) is 11.7. The molecule has 196 valence electrons. The number of carbonyl (C=O) groups is 1. The lowest BCUT2D eigenvalue weighted by molar-refractivity contribution is -0.121. The van der Waals surface area contributed by atoms with Crippen LogP contribution >= 0.6 is 23.4 Å². The van der Waals surface area contributed by atoms with Crippen LogP contribution in [-0.2, 0) is 11.2 Å². The van der Waals surface area contributed by atoms with E-state index in [1.807, 2.05) is 91.0 Å². The summed E-state index contributed by atoms with van der Waals surface area (Å²) in [5, 5.41) is 13.7. The van der Waals surface area contributed by atoms with Gasteiger partial charge in [0.1, 0.15) is 0 Å². The van der Waals surface area contributed by atoms with Crippen LogP contribution in [-0.4, -0.2) is 26.4 Å². The molecule has 0 saturated heterocycles. The molecule has 0 saturated carbocycles. The Kier molecular flexibility index (Phi) is 9.09. The highest BCUT2D eigenvalue weighted by Crippen LogP contribution is 2.29. The number of aromatic nitrogens is 3. The second-order valence-electron chi connectivity index (χ2n) is 9.16. The zero-order chi connectivity index (χ0) is 26.9. The zero-order valence-corrected chi connectivity index (χ0v) is 23.0. The molecule has 0 radical (unpaired) electrons. The summed E-state index contributed by atoms with van der Waals surface area (Å²) in [6, 6.07) is 38.0. The first-order valence-electron chi connectivity index (χ1n) is 13.0. The standard InChI is InChI=1S/C32H29ClN4OS/c33-27-20-18-26(19-21-27)31-35-36-32(37(31)28-15-8-3-9-16-28)39-22-10-17-30(38)34-29(25-13-6-2-7-14-25)23-24-11-4-1-5-12-24/h1-9,11-16,18-21,29H,10,17,22-23H2,(H,34,38). The highest BCUT2D eigenvalue weighted by molar-refractivity contribution is 7.99. The Morgan fingerprint density at radius 1 is 0.821 bits per heavy atom. The number of hydrogen-bond acceptors (Lipinski definition) is 4. The van der Waals surface area contributed by atoms with Gasteiger partial charge in [0, 0.05) is 28.4 Å². The summed E-state index contributed by atoms with van der Waals surface area (Å²) < 4.78 is 2.05. The fraction of sp³-hybridized carbons (Fsp3) is 0.156. The van der Waals surface area contributed by atoms with Crippen molar-refractivity contribution >= 4 is 29.3 Å². The predicted octanol–water partition coefficient (Wildman–Crippen LogP) is 7.56. The molecule has 1 unspecified atom stereocenters. The third kappa shape index (κ3) is 7.16. The molecule has 0 fully saturated rings. The van der Waals surface area contributed by atoms with E-state index >= 15 is 0 Å². The minimum absolute atomic E-state index is 0.0479. The second kappa shape index (κ2) is 13.3. The van der Waals surface area contributed by atoms with Gasteiger partial charge in [0.05, 0.1) is 6.04 Å². The van der Waals surface area contributed by atoms with E-state index in [1.54, 1.807) is 11.8 Å². The first-order valence-corrected chi connectivity index (χ1v) is 14.3. The maximum atomic E-state index is 13.0. The van der Waals surface area contributed by atoms with E-state index in [0.29, 0.717) is 11.4 Å². The Balaban J connectivity index is 1.23. The fourth-order valence-corrected chi connectivity index (χ4v) is 5.43. The molecule has 0 aliphatic rings. The number of benzene rings is 4. The summed E-state index contributed by atoms with van der Waals surface area (Å²) in [7, 11) is 0. The minimum atomic E-state index is -0.0723. The fourth-order valence-electron chi connectivity index (χ4n) is 4.41. The van der Waals surface area contributed by atoms with E-state index in [1.165, 1.54) is 5.56 Å². The quantitative estimate of drug-likeness (QED) is 0.136. The van der Waals surface area contributed by atoms with Crippen molar-refractivity contribution in [3.8, 4) is 17.1 Å². The van der Waals surface area contributed by atoms with Crippen molar-refractivity contribution in [1.29, 1.82) is 0 Å². The summed E-state index contributed by atoms with van der Waals surface area (Å²) in [6.45, 7) is 0.